The van der Waals surface area contributed by atoms with E-state index in [9.17, 15) is 4.79 Å². The Kier molecular flexibility index (Phi) is 7.85. The SMILES string of the molecule is CCCCOc1ccc(-c2nn(-c3ccccc3)cc2/C=C2\SC(=S)N(CCC)C2=O)c(C)c1. The van der Waals surface area contributed by atoms with Gasteiger partial charge in [0.05, 0.1) is 17.2 Å². The van der Waals surface area contributed by atoms with Gasteiger partial charge in [0.25, 0.3) is 5.91 Å². The van der Waals surface area contributed by atoms with Crippen molar-refractivity contribution in [1.29, 1.82) is 0 Å². The van der Waals surface area contributed by atoms with E-state index in [1.807, 2.05) is 66.3 Å². The second kappa shape index (κ2) is 11.0. The molecule has 0 saturated carbocycles. The summed E-state index contributed by atoms with van der Waals surface area (Å²) in [7, 11) is 0. The maximum absolute atomic E-state index is 13.0. The van der Waals surface area contributed by atoms with Crippen molar-refractivity contribution in [1.82, 2.24) is 14.7 Å². The molecular formula is C27H29N3O2S2. The summed E-state index contributed by atoms with van der Waals surface area (Å²) in [6.07, 6.45) is 6.89. The van der Waals surface area contributed by atoms with Crippen LogP contribution in [0, 0.1) is 6.92 Å². The van der Waals surface area contributed by atoms with Crippen LogP contribution in [-0.2, 0) is 4.79 Å². The van der Waals surface area contributed by atoms with E-state index in [-0.39, 0.29) is 5.91 Å². The quantitative estimate of drug-likeness (QED) is 0.191. The third-order valence-corrected chi connectivity index (χ3v) is 6.97. The van der Waals surface area contributed by atoms with E-state index in [0.717, 1.165) is 53.1 Å². The zero-order valence-corrected chi connectivity index (χ0v) is 21.4. The number of unbranched alkanes of at least 4 members (excludes halogenated alkanes) is 1. The highest BCUT2D eigenvalue weighted by atomic mass is 32.2. The van der Waals surface area contributed by atoms with Crippen LogP contribution in [0.25, 0.3) is 23.0 Å². The van der Waals surface area contributed by atoms with Gasteiger partial charge in [-0.2, -0.15) is 5.10 Å². The molecule has 3 aromatic rings. The van der Waals surface area contributed by atoms with E-state index < -0.39 is 0 Å². The van der Waals surface area contributed by atoms with Crippen LogP contribution in [0.4, 0.5) is 0 Å². The minimum absolute atomic E-state index is 0.0355. The van der Waals surface area contributed by atoms with Crippen LogP contribution in [0.3, 0.4) is 0 Å². The van der Waals surface area contributed by atoms with Gasteiger partial charge in [0.2, 0.25) is 0 Å². The predicted molar refractivity (Wildman–Crippen MR) is 144 cm³/mol. The summed E-state index contributed by atoms with van der Waals surface area (Å²) >= 11 is 6.81. The van der Waals surface area contributed by atoms with Crippen LogP contribution < -0.4 is 4.74 Å². The van der Waals surface area contributed by atoms with Crippen LogP contribution in [0.1, 0.15) is 44.2 Å². The smallest absolute Gasteiger partial charge is 0.266 e. The lowest BCUT2D eigenvalue weighted by Gasteiger charge is -2.12. The first-order valence-electron chi connectivity index (χ1n) is 11.7. The molecule has 1 aromatic heterocycles. The maximum Gasteiger partial charge on any atom is 0.266 e. The Morgan fingerprint density at radius 3 is 2.62 bits per heavy atom. The van der Waals surface area contributed by atoms with Crippen molar-refractivity contribution in [2.24, 2.45) is 0 Å². The first-order valence-corrected chi connectivity index (χ1v) is 12.9. The molecule has 0 atom stereocenters. The molecule has 176 valence electrons. The van der Waals surface area contributed by atoms with Gasteiger partial charge >= 0.3 is 0 Å². The lowest BCUT2D eigenvalue weighted by Crippen LogP contribution is -2.28. The lowest BCUT2D eigenvalue weighted by atomic mass is 10.0. The Labute approximate surface area is 210 Å². The molecule has 1 fully saturated rings. The molecule has 0 bridgehead atoms. The highest BCUT2D eigenvalue weighted by molar-refractivity contribution is 8.26. The summed E-state index contributed by atoms with van der Waals surface area (Å²) in [5.41, 5.74) is 4.73. The third kappa shape index (κ3) is 5.26. The van der Waals surface area contributed by atoms with Crippen LogP contribution in [0.5, 0.6) is 5.75 Å². The van der Waals surface area contributed by atoms with Gasteiger partial charge in [-0.3, -0.25) is 9.69 Å². The average molecular weight is 492 g/mol. The molecule has 4 rings (SSSR count). The molecule has 7 heteroatoms. The Morgan fingerprint density at radius 2 is 1.91 bits per heavy atom. The van der Waals surface area contributed by atoms with E-state index in [4.69, 9.17) is 22.1 Å². The van der Waals surface area contributed by atoms with Gasteiger partial charge in [0.15, 0.2) is 0 Å². The Balaban J connectivity index is 1.75. The zero-order chi connectivity index (χ0) is 24.1. The Morgan fingerprint density at radius 1 is 1.12 bits per heavy atom. The molecule has 0 aliphatic carbocycles. The number of nitrogens with zero attached hydrogens (tertiary/aromatic N) is 3. The van der Waals surface area contributed by atoms with Crippen molar-refractivity contribution < 1.29 is 9.53 Å². The van der Waals surface area contributed by atoms with Crippen molar-refractivity contribution >= 4 is 40.3 Å². The fourth-order valence-corrected chi connectivity index (χ4v) is 5.10. The summed E-state index contributed by atoms with van der Waals surface area (Å²) in [6, 6.07) is 16.1. The molecule has 1 amide bonds. The van der Waals surface area contributed by atoms with Gasteiger partial charge in [-0.05, 0) is 61.7 Å². The van der Waals surface area contributed by atoms with Gasteiger partial charge in [-0.25, -0.2) is 4.68 Å². The van der Waals surface area contributed by atoms with Crippen LogP contribution in [-0.4, -0.2) is 38.1 Å². The van der Waals surface area contributed by atoms with Gasteiger partial charge < -0.3 is 4.74 Å². The van der Waals surface area contributed by atoms with E-state index in [1.54, 1.807) is 4.90 Å². The second-order valence-electron chi connectivity index (χ2n) is 8.23. The fraction of sp³-hybridized carbons (Fsp3) is 0.296. The number of benzene rings is 2. The van der Waals surface area contributed by atoms with Crippen molar-refractivity contribution in [2.75, 3.05) is 13.2 Å². The fourth-order valence-electron chi connectivity index (χ4n) is 3.80. The van der Waals surface area contributed by atoms with Crippen LogP contribution >= 0.6 is 24.0 Å². The average Bonchev–Trinajstić information content (AvgIpc) is 3.36. The molecule has 0 unspecified atom stereocenters. The molecule has 2 heterocycles. The largest absolute Gasteiger partial charge is 0.494 e. The molecule has 0 radical (unpaired) electrons. The number of ether oxygens (including phenoxy) is 1. The number of aromatic nitrogens is 2. The molecule has 0 spiro atoms. The number of para-hydroxylation sites is 1. The van der Waals surface area contributed by atoms with Crippen LogP contribution in [0.15, 0.2) is 59.6 Å². The number of rotatable bonds is 9. The molecule has 1 aliphatic rings. The van der Waals surface area contributed by atoms with Crippen molar-refractivity contribution in [3.8, 4) is 22.7 Å². The third-order valence-electron chi connectivity index (χ3n) is 5.59. The van der Waals surface area contributed by atoms with E-state index in [0.29, 0.717) is 22.4 Å². The predicted octanol–water partition coefficient (Wildman–Crippen LogP) is 6.64. The second-order valence-corrected chi connectivity index (χ2v) is 9.90. The maximum atomic E-state index is 13.0. The summed E-state index contributed by atoms with van der Waals surface area (Å²) in [5, 5.41) is 4.92. The number of hydrogen-bond donors (Lipinski definition) is 0. The number of hydrogen-bond acceptors (Lipinski definition) is 5. The molecule has 34 heavy (non-hydrogen) atoms. The monoisotopic (exact) mass is 491 g/mol. The molecule has 0 N–H and O–H groups in total. The first kappa shape index (κ1) is 24.2. The van der Waals surface area contributed by atoms with Gasteiger partial charge in [0.1, 0.15) is 15.8 Å². The number of thiocarbonyl (C=S) groups is 1. The van der Waals surface area contributed by atoms with Gasteiger partial charge in [-0.1, -0.05) is 62.4 Å². The molecule has 1 aliphatic heterocycles. The number of carbonyl (C=O) groups excluding carboxylic acids is 1. The lowest BCUT2D eigenvalue weighted by molar-refractivity contribution is -0.122. The summed E-state index contributed by atoms with van der Waals surface area (Å²) in [4.78, 5) is 15.3. The van der Waals surface area contributed by atoms with Gasteiger partial charge in [-0.15, -0.1) is 0 Å². The summed E-state index contributed by atoms with van der Waals surface area (Å²) in [5.74, 6) is 0.825. The van der Waals surface area contributed by atoms with Crippen molar-refractivity contribution in [3.63, 3.8) is 0 Å². The number of amides is 1. The normalized spacial score (nSPS) is 14.9. The molecule has 1 saturated heterocycles. The van der Waals surface area contributed by atoms with E-state index >= 15 is 0 Å². The van der Waals surface area contributed by atoms with Crippen molar-refractivity contribution in [2.45, 2.75) is 40.0 Å². The zero-order valence-electron chi connectivity index (χ0n) is 19.8. The molecule has 5 nitrogen and oxygen atoms in total. The minimum atomic E-state index is -0.0355. The standard InChI is InChI=1S/C27H29N3O2S2/c1-4-6-15-32-22-12-13-23(19(3)16-22)25-20(18-30(28-25)21-10-8-7-9-11-21)17-24-26(31)29(14-5-2)27(33)34-24/h7-13,16-18H,4-6,14-15H2,1-3H3/b24-17-. The number of aryl methyl sites for hydroxylation is 1. The van der Waals surface area contributed by atoms with Gasteiger partial charge in [0, 0.05) is 23.9 Å². The Hall–Kier alpha value is -2.90. The first-order chi connectivity index (χ1) is 16.5. The van der Waals surface area contributed by atoms with E-state index in [1.165, 1.54) is 11.8 Å². The topological polar surface area (TPSA) is 47.4 Å². The summed E-state index contributed by atoms with van der Waals surface area (Å²) in [6.45, 7) is 7.61. The summed E-state index contributed by atoms with van der Waals surface area (Å²) < 4.78 is 8.36. The highest BCUT2D eigenvalue weighted by Gasteiger charge is 2.31. The number of carbonyl (C=O) groups is 1. The van der Waals surface area contributed by atoms with Crippen LogP contribution in [0.2, 0.25) is 0 Å². The van der Waals surface area contributed by atoms with Crippen molar-refractivity contribution in [3.05, 3.63) is 70.8 Å². The molecular weight excluding hydrogens is 462 g/mol. The highest BCUT2D eigenvalue weighted by Crippen LogP contribution is 2.36. The minimum Gasteiger partial charge on any atom is -0.494 e. The molecule has 2 aromatic carbocycles. The van der Waals surface area contributed by atoms with E-state index in [2.05, 4.69) is 19.9 Å². The Bertz CT molecular complexity index is 1220. The number of thioether (sulfide) groups is 1.